The fourth-order valence-corrected chi connectivity index (χ4v) is 3.92. The van der Waals surface area contributed by atoms with Crippen LogP contribution < -0.4 is 9.47 Å². The first-order valence-electron chi connectivity index (χ1n) is 10.3. The first kappa shape index (κ1) is 24.3. The van der Waals surface area contributed by atoms with Gasteiger partial charge in [-0.1, -0.05) is 53.0 Å². The molecule has 10 heteroatoms. The van der Waals surface area contributed by atoms with Gasteiger partial charge in [0.1, 0.15) is 6.61 Å². The maximum atomic E-state index is 12.4. The Bertz CT molecular complexity index is 1400. The van der Waals surface area contributed by atoms with Crippen LogP contribution in [0.4, 0.5) is 5.69 Å². The number of methoxy groups -OCH3 is 1. The second kappa shape index (κ2) is 10.2. The molecule has 0 radical (unpaired) electrons. The largest absolute Gasteiger partial charge is 0.493 e. The Morgan fingerprint density at radius 3 is 2.60 bits per heavy atom. The molecule has 0 fully saturated rings. The van der Waals surface area contributed by atoms with Crippen molar-refractivity contribution in [2.45, 2.75) is 13.5 Å². The van der Waals surface area contributed by atoms with Gasteiger partial charge in [0, 0.05) is 12.1 Å². The van der Waals surface area contributed by atoms with Crippen molar-refractivity contribution in [2.24, 2.45) is 4.99 Å². The standard InChI is InChI=1S/C25H18Cl2N2O6/c1-14-4-3-5-15(8-14)13-34-23-20(27)9-16(11-22(23)33-2)10-21-25(30)35-24(28-21)18-7-6-17(29(31)32)12-19(18)26/h3-12H,13H2,1-2H3/b21-10-. The summed E-state index contributed by atoms with van der Waals surface area (Å²) in [4.78, 5) is 26.9. The minimum Gasteiger partial charge on any atom is -0.493 e. The van der Waals surface area contributed by atoms with E-state index in [2.05, 4.69) is 4.99 Å². The molecule has 3 aromatic rings. The lowest BCUT2D eigenvalue weighted by atomic mass is 10.1. The number of esters is 1. The summed E-state index contributed by atoms with van der Waals surface area (Å²) in [6, 6.07) is 15.0. The van der Waals surface area contributed by atoms with Gasteiger partial charge in [0.15, 0.2) is 17.2 Å². The number of non-ortho nitro benzene ring substituents is 1. The highest BCUT2D eigenvalue weighted by molar-refractivity contribution is 6.35. The van der Waals surface area contributed by atoms with Crippen LogP contribution in [0.2, 0.25) is 10.0 Å². The molecule has 1 aliphatic heterocycles. The number of nitro groups is 1. The topological polar surface area (TPSA) is 100 Å². The number of benzene rings is 3. The second-order valence-electron chi connectivity index (χ2n) is 7.57. The maximum absolute atomic E-state index is 12.4. The minimum atomic E-state index is -0.704. The third kappa shape index (κ3) is 5.45. The van der Waals surface area contributed by atoms with Gasteiger partial charge in [-0.15, -0.1) is 0 Å². The number of halogens is 2. The number of carbonyl (C=O) groups is 1. The van der Waals surface area contributed by atoms with Crippen molar-refractivity contribution < 1.29 is 23.9 Å². The van der Waals surface area contributed by atoms with E-state index in [0.717, 1.165) is 17.2 Å². The van der Waals surface area contributed by atoms with Crippen molar-refractivity contribution in [3.05, 3.63) is 103 Å². The van der Waals surface area contributed by atoms with Gasteiger partial charge in [0.05, 0.1) is 27.6 Å². The van der Waals surface area contributed by atoms with E-state index in [1.807, 2.05) is 31.2 Å². The first-order valence-corrected chi connectivity index (χ1v) is 11.0. The molecule has 4 rings (SSSR count). The number of aryl methyl sites for hydroxylation is 1. The highest BCUT2D eigenvalue weighted by atomic mass is 35.5. The first-order chi connectivity index (χ1) is 16.7. The number of carbonyl (C=O) groups excluding carboxylic acids is 1. The van der Waals surface area contributed by atoms with Crippen LogP contribution in [0.3, 0.4) is 0 Å². The van der Waals surface area contributed by atoms with Gasteiger partial charge in [0.25, 0.3) is 5.69 Å². The lowest BCUT2D eigenvalue weighted by Crippen LogP contribution is -2.06. The van der Waals surface area contributed by atoms with Crippen LogP contribution in [0, 0.1) is 17.0 Å². The zero-order chi connectivity index (χ0) is 25.1. The molecular formula is C25H18Cl2N2O6. The Morgan fingerprint density at radius 1 is 1.11 bits per heavy atom. The fourth-order valence-electron chi connectivity index (χ4n) is 3.39. The van der Waals surface area contributed by atoms with Crippen LogP contribution in [0.1, 0.15) is 22.3 Å². The van der Waals surface area contributed by atoms with E-state index in [1.54, 1.807) is 12.1 Å². The average Bonchev–Trinajstić information content (AvgIpc) is 3.17. The second-order valence-corrected chi connectivity index (χ2v) is 8.38. The Hall–Kier alpha value is -3.88. The summed E-state index contributed by atoms with van der Waals surface area (Å²) in [5, 5.41) is 11.2. The van der Waals surface area contributed by atoms with Gasteiger partial charge in [-0.05, 0) is 42.3 Å². The Morgan fingerprint density at radius 2 is 1.91 bits per heavy atom. The van der Waals surface area contributed by atoms with Crippen molar-refractivity contribution in [3.63, 3.8) is 0 Å². The zero-order valence-corrected chi connectivity index (χ0v) is 20.1. The number of rotatable bonds is 7. The number of cyclic esters (lactones) is 1. The van der Waals surface area contributed by atoms with E-state index in [-0.39, 0.29) is 32.9 Å². The molecule has 0 atom stereocenters. The number of ether oxygens (including phenoxy) is 3. The van der Waals surface area contributed by atoms with E-state index in [9.17, 15) is 14.9 Å². The molecule has 178 valence electrons. The maximum Gasteiger partial charge on any atom is 0.363 e. The minimum absolute atomic E-state index is 0.000897. The predicted octanol–water partition coefficient (Wildman–Crippen LogP) is 6.14. The summed E-state index contributed by atoms with van der Waals surface area (Å²) in [6.07, 6.45) is 1.48. The lowest BCUT2D eigenvalue weighted by Gasteiger charge is -2.13. The molecule has 35 heavy (non-hydrogen) atoms. The Labute approximate surface area is 210 Å². The summed E-state index contributed by atoms with van der Waals surface area (Å²) in [6.45, 7) is 2.30. The highest BCUT2D eigenvalue weighted by Crippen LogP contribution is 2.38. The number of hydrogen-bond donors (Lipinski definition) is 0. The van der Waals surface area contributed by atoms with Crippen LogP contribution in [-0.2, 0) is 16.1 Å². The quantitative estimate of drug-likeness (QED) is 0.163. The molecule has 3 aromatic carbocycles. The van der Waals surface area contributed by atoms with Gasteiger partial charge in [-0.25, -0.2) is 9.79 Å². The third-order valence-corrected chi connectivity index (χ3v) is 5.63. The molecule has 1 heterocycles. The number of hydrogen-bond acceptors (Lipinski definition) is 7. The van der Waals surface area contributed by atoms with Gasteiger partial charge < -0.3 is 14.2 Å². The molecule has 8 nitrogen and oxygen atoms in total. The smallest absolute Gasteiger partial charge is 0.363 e. The van der Waals surface area contributed by atoms with Crippen molar-refractivity contribution in [1.29, 1.82) is 0 Å². The molecule has 0 unspecified atom stereocenters. The molecule has 0 aliphatic carbocycles. The van der Waals surface area contributed by atoms with Crippen molar-refractivity contribution in [2.75, 3.05) is 7.11 Å². The van der Waals surface area contributed by atoms with Gasteiger partial charge in [0.2, 0.25) is 5.90 Å². The molecule has 1 aliphatic rings. The van der Waals surface area contributed by atoms with Crippen molar-refractivity contribution >= 4 is 46.8 Å². The number of nitrogens with zero attached hydrogens (tertiary/aromatic N) is 2. The molecule has 0 saturated heterocycles. The van der Waals surface area contributed by atoms with Crippen LogP contribution in [0.15, 0.2) is 65.3 Å². The van der Waals surface area contributed by atoms with E-state index < -0.39 is 10.9 Å². The fraction of sp³-hybridized carbons (Fsp3) is 0.120. The summed E-state index contributed by atoms with van der Waals surface area (Å²) in [5.41, 5.74) is 2.69. The molecular weight excluding hydrogens is 495 g/mol. The molecule has 0 aromatic heterocycles. The average molecular weight is 513 g/mol. The van der Waals surface area contributed by atoms with E-state index in [0.29, 0.717) is 23.7 Å². The Kier molecular flexibility index (Phi) is 7.04. The molecule has 0 saturated carbocycles. The van der Waals surface area contributed by atoms with Crippen LogP contribution in [0.5, 0.6) is 11.5 Å². The summed E-state index contributed by atoms with van der Waals surface area (Å²) < 4.78 is 16.6. The molecule has 0 bridgehead atoms. The summed E-state index contributed by atoms with van der Waals surface area (Å²) in [5.74, 6) is -0.0127. The molecule has 0 spiro atoms. The molecule has 0 N–H and O–H groups in total. The van der Waals surface area contributed by atoms with Gasteiger partial charge >= 0.3 is 5.97 Å². The van der Waals surface area contributed by atoms with Gasteiger partial charge in [-0.3, -0.25) is 10.1 Å². The van der Waals surface area contributed by atoms with Crippen LogP contribution in [-0.4, -0.2) is 23.9 Å². The summed E-state index contributed by atoms with van der Waals surface area (Å²) in [7, 11) is 1.48. The predicted molar refractivity (Wildman–Crippen MR) is 132 cm³/mol. The summed E-state index contributed by atoms with van der Waals surface area (Å²) >= 11 is 12.6. The van der Waals surface area contributed by atoms with Crippen molar-refractivity contribution in [1.82, 2.24) is 0 Å². The monoisotopic (exact) mass is 512 g/mol. The van der Waals surface area contributed by atoms with E-state index in [1.165, 1.54) is 25.3 Å². The van der Waals surface area contributed by atoms with Gasteiger partial charge in [-0.2, -0.15) is 0 Å². The number of nitro benzene ring substituents is 1. The van der Waals surface area contributed by atoms with Crippen LogP contribution in [0.25, 0.3) is 6.08 Å². The third-order valence-electron chi connectivity index (χ3n) is 5.04. The van der Waals surface area contributed by atoms with E-state index >= 15 is 0 Å². The Balaban J connectivity index is 1.60. The number of aliphatic imine (C=N–C) groups is 1. The SMILES string of the molecule is COc1cc(/C=C2\N=C(c3ccc([N+](=O)[O-])cc3Cl)OC2=O)cc(Cl)c1OCc1cccc(C)c1. The normalized spacial score (nSPS) is 14.0. The molecule has 0 amide bonds. The lowest BCUT2D eigenvalue weighted by molar-refractivity contribution is -0.384. The highest BCUT2D eigenvalue weighted by Gasteiger charge is 2.27. The van der Waals surface area contributed by atoms with Crippen LogP contribution >= 0.6 is 23.2 Å². The van der Waals surface area contributed by atoms with E-state index in [4.69, 9.17) is 37.4 Å². The zero-order valence-electron chi connectivity index (χ0n) is 18.6. The van der Waals surface area contributed by atoms with Crippen molar-refractivity contribution in [3.8, 4) is 11.5 Å².